The van der Waals surface area contributed by atoms with E-state index in [2.05, 4.69) is 10.3 Å². The van der Waals surface area contributed by atoms with E-state index in [1.165, 1.54) is 12.1 Å². The van der Waals surface area contributed by atoms with Gasteiger partial charge in [0.25, 0.3) is 0 Å². The van der Waals surface area contributed by atoms with Gasteiger partial charge in [-0.1, -0.05) is 12.1 Å². The second-order valence-corrected chi connectivity index (χ2v) is 6.51. The molecular formula is C17H17F6N3. The Kier molecular flexibility index (Phi) is 4.76. The van der Waals surface area contributed by atoms with Crippen LogP contribution in [-0.2, 0) is 12.4 Å². The van der Waals surface area contributed by atoms with Crippen LogP contribution >= 0.6 is 0 Å². The molecule has 1 aromatic carbocycles. The summed E-state index contributed by atoms with van der Waals surface area (Å²) in [5.41, 5.74) is 2.59. The molecule has 0 unspecified atom stereocenters. The summed E-state index contributed by atoms with van der Waals surface area (Å²) >= 11 is 0. The quantitative estimate of drug-likeness (QED) is 0.728. The number of para-hydroxylation sites is 1. The topological polar surface area (TPSA) is 50.9 Å². The van der Waals surface area contributed by atoms with Gasteiger partial charge in [-0.3, -0.25) is 0 Å². The fourth-order valence-electron chi connectivity index (χ4n) is 3.23. The number of rotatable bonds is 2. The van der Waals surface area contributed by atoms with Gasteiger partial charge in [-0.2, -0.15) is 26.3 Å². The second-order valence-electron chi connectivity index (χ2n) is 6.51. The molecule has 9 heteroatoms. The van der Waals surface area contributed by atoms with Crippen LogP contribution in [0.2, 0.25) is 0 Å². The van der Waals surface area contributed by atoms with E-state index in [-0.39, 0.29) is 23.2 Å². The number of alkyl halides is 6. The maximum atomic E-state index is 13.2. The fourth-order valence-corrected chi connectivity index (χ4v) is 3.23. The molecule has 0 saturated heterocycles. The van der Waals surface area contributed by atoms with Crippen LogP contribution in [0.4, 0.5) is 32.0 Å². The lowest BCUT2D eigenvalue weighted by molar-refractivity contribution is -0.142. The van der Waals surface area contributed by atoms with E-state index in [9.17, 15) is 26.3 Å². The van der Waals surface area contributed by atoms with Gasteiger partial charge in [-0.25, -0.2) is 4.98 Å². The monoisotopic (exact) mass is 377 g/mol. The number of hydrogen-bond acceptors (Lipinski definition) is 3. The van der Waals surface area contributed by atoms with Gasteiger partial charge in [-0.15, -0.1) is 0 Å². The highest BCUT2D eigenvalue weighted by Gasteiger charge is 2.37. The van der Waals surface area contributed by atoms with Gasteiger partial charge in [0.15, 0.2) is 0 Å². The van der Waals surface area contributed by atoms with Gasteiger partial charge < -0.3 is 11.1 Å². The second kappa shape index (κ2) is 6.61. The number of nitrogens with two attached hydrogens (primary N) is 1. The van der Waals surface area contributed by atoms with Gasteiger partial charge >= 0.3 is 12.4 Å². The first-order chi connectivity index (χ1) is 12.1. The minimum Gasteiger partial charge on any atom is -0.382 e. The third kappa shape index (κ3) is 3.87. The molecule has 1 aromatic heterocycles. The third-order valence-corrected chi connectivity index (χ3v) is 4.57. The van der Waals surface area contributed by atoms with Crippen molar-refractivity contribution in [3.8, 4) is 0 Å². The molecule has 0 bridgehead atoms. The Morgan fingerprint density at radius 2 is 1.62 bits per heavy atom. The summed E-state index contributed by atoms with van der Waals surface area (Å²) in [7, 11) is 0. The van der Waals surface area contributed by atoms with Crippen LogP contribution in [0.1, 0.15) is 36.9 Å². The Hall–Kier alpha value is -2.03. The maximum Gasteiger partial charge on any atom is 0.433 e. The van der Waals surface area contributed by atoms with Crippen LogP contribution in [0, 0.1) is 0 Å². The molecule has 3 rings (SSSR count). The van der Waals surface area contributed by atoms with Gasteiger partial charge in [0.1, 0.15) is 5.69 Å². The van der Waals surface area contributed by atoms with Crippen LogP contribution in [0.25, 0.3) is 10.9 Å². The molecule has 1 heterocycles. The fraction of sp³-hybridized carbons (Fsp3) is 0.471. The largest absolute Gasteiger partial charge is 0.433 e. The minimum absolute atomic E-state index is 0.00824. The highest BCUT2D eigenvalue weighted by Crippen LogP contribution is 2.39. The number of anilines is 1. The lowest BCUT2D eigenvalue weighted by Gasteiger charge is -2.28. The van der Waals surface area contributed by atoms with Crippen molar-refractivity contribution in [3.63, 3.8) is 0 Å². The summed E-state index contributed by atoms with van der Waals surface area (Å²) in [6.07, 6.45) is -6.94. The Bertz CT molecular complexity index is 791. The van der Waals surface area contributed by atoms with Crippen molar-refractivity contribution in [1.82, 2.24) is 4.98 Å². The molecule has 0 spiro atoms. The number of fused-ring (bicyclic) bond motifs is 1. The van der Waals surface area contributed by atoms with Crippen molar-refractivity contribution in [3.05, 3.63) is 35.5 Å². The summed E-state index contributed by atoms with van der Waals surface area (Å²) in [6, 6.07) is 3.92. The van der Waals surface area contributed by atoms with Crippen molar-refractivity contribution >= 4 is 16.6 Å². The molecule has 3 nitrogen and oxygen atoms in total. The van der Waals surface area contributed by atoms with E-state index in [1.807, 2.05) is 0 Å². The van der Waals surface area contributed by atoms with Crippen molar-refractivity contribution < 1.29 is 26.3 Å². The number of aromatic nitrogens is 1. The Labute approximate surface area is 145 Å². The number of halogens is 6. The van der Waals surface area contributed by atoms with Crippen molar-refractivity contribution in [2.45, 2.75) is 50.1 Å². The molecule has 0 aliphatic heterocycles. The van der Waals surface area contributed by atoms with E-state index in [4.69, 9.17) is 5.73 Å². The molecule has 1 saturated carbocycles. The van der Waals surface area contributed by atoms with E-state index >= 15 is 0 Å². The van der Waals surface area contributed by atoms with Gasteiger partial charge in [0.2, 0.25) is 0 Å². The van der Waals surface area contributed by atoms with Crippen LogP contribution < -0.4 is 11.1 Å². The average molecular weight is 377 g/mol. The number of pyridine rings is 1. The number of nitrogens with one attached hydrogen (secondary N) is 1. The van der Waals surface area contributed by atoms with E-state index in [0.717, 1.165) is 12.1 Å². The highest BCUT2D eigenvalue weighted by molar-refractivity contribution is 5.94. The zero-order chi connectivity index (χ0) is 19.1. The molecule has 2 aromatic rings. The Balaban J connectivity index is 2.11. The first-order valence-electron chi connectivity index (χ1n) is 8.16. The van der Waals surface area contributed by atoms with Crippen LogP contribution in [-0.4, -0.2) is 17.1 Å². The summed E-state index contributed by atoms with van der Waals surface area (Å²) in [5.74, 6) is 0. The molecule has 0 amide bonds. The van der Waals surface area contributed by atoms with E-state index in [1.54, 1.807) is 0 Å². The average Bonchev–Trinajstić information content (AvgIpc) is 2.54. The lowest BCUT2D eigenvalue weighted by Crippen LogP contribution is -2.33. The SMILES string of the molecule is N[C@H]1CC[C@H](Nc2cc(C(F)(F)F)nc3c(C(F)(F)F)cccc23)CC1. The Morgan fingerprint density at radius 1 is 0.962 bits per heavy atom. The third-order valence-electron chi connectivity index (χ3n) is 4.57. The normalized spacial score (nSPS) is 21.8. The van der Waals surface area contributed by atoms with E-state index in [0.29, 0.717) is 25.7 Å². The predicted octanol–water partition coefficient (Wildman–Crippen LogP) is 4.95. The molecule has 0 radical (unpaired) electrons. The molecule has 1 aliphatic carbocycles. The first-order valence-corrected chi connectivity index (χ1v) is 8.16. The van der Waals surface area contributed by atoms with Crippen molar-refractivity contribution in [1.29, 1.82) is 0 Å². The van der Waals surface area contributed by atoms with Crippen molar-refractivity contribution in [2.75, 3.05) is 5.32 Å². The number of benzene rings is 1. The first kappa shape index (κ1) is 18.8. The van der Waals surface area contributed by atoms with Crippen LogP contribution in [0.3, 0.4) is 0 Å². The summed E-state index contributed by atoms with van der Waals surface area (Å²) in [4.78, 5) is 3.27. The predicted molar refractivity (Wildman–Crippen MR) is 85.6 cm³/mol. The Morgan fingerprint density at radius 3 is 2.19 bits per heavy atom. The number of hydrogen-bond donors (Lipinski definition) is 2. The molecular weight excluding hydrogens is 360 g/mol. The highest BCUT2D eigenvalue weighted by atomic mass is 19.4. The number of nitrogens with zero attached hydrogens (tertiary/aromatic N) is 1. The molecule has 1 fully saturated rings. The zero-order valence-electron chi connectivity index (χ0n) is 13.6. The molecule has 3 N–H and O–H groups in total. The molecule has 0 atom stereocenters. The van der Waals surface area contributed by atoms with Crippen molar-refractivity contribution in [2.24, 2.45) is 5.73 Å². The summed E-state index contributed by atoms with van der Waals surface area (Å²) < 4.78 is 79.2. The summed E-state index contributed by atoms with van der Waals surface area (Å²) in [5, 5.41) is 2.99. The molecule has 26 heavy (non-hydrogen) atoms. The summed E-state index contributed by atoms with van der Waals surface area (Å²) in [6.45, 7) is 0. The van der Waals surface area contributed by atoms with Gasteiger partial charge in [0.05, 0.1) is 11.1 Å². The van der Waals surface area contributed by atoms with E-state index < -0.39 is 29.1 Å². The minimum atomic E-state index is -4.85. The van der Waals surface area contributed by atoms with Crippen LogP contribution in [0.15, 0.2) is 24.3 Å². The molecule has 1 aliphatic rings. The zero-order valence-corrected chi connectivity index (χ0v) is 13.6. The maximum absolute atomic E-state index is 13.2. The van der Waals surface area contributed by atoms with Gasteiger partial charge in [-0.05, 0) is 37.8 Å². The van der Waals surface area contributed by atoms with Gasteiger partial charge in [0, 0.05) is 23.2 Å². The molecule has 142 valence electrons. The standard InChI is InChI=1S/C17H17F6N3/c18-16(19,20)12-3-1-2-11-13(25-10-6-4-9(24)5-7-10)8-14(17(21,22)23)26-15(11)12/h1-3,8-10H,4-7,24H2,(H,25,26)/t9-,10-. The van der Waals surface area contributed by atoms with Crippen LogP contribution in [0.5, 0.6) is 0 Å². The smallest absolute Gasteiger partial charge is 0.382 e. The lowest BCUT2D eigenvalue weighted by atomic mass is 9.91.